The van der Waals surface area contributed by atoms with Gasteiger partial charge in [-0.25, -0.2) is 28.8 Å². The van der Waals surface area contributed by atoms with Crippen LogP contribution in [0.25, 0.3) is 0 Å². The summed E-state index contributed by atoms with van der Waals surface area (Å²) in [6.07, 6.45) is 12.1. The van der Waals surface area contributed by atoms with Crippen molar-refractivity contribution in [3.63, 3.8) is 0 Å². The molecule has 13 saturated carbocycles. The normalized spacial score (nSPS) is 34.1. The molecule has 0 amide bonds. The van der Waals surface area contributed by atoms with Crippen LogP contribution in [0.2, 0.25) is 0 Å². The maximum atomic E-state index is 12.1. The molecule has 0 spiro atoms. The minimum Gasteiger partial charge on any atom is -0.462 e. The number of hydrogen-bond donors (Lipinski definition) is 1. The number of ether oxygens (including phenoxy) is 14. The first-order valence-electron chi connectivity index (χ1n) is 44.3. The molecule has 22 atom stereocenters. The van der Waals surface area contributed by atoms with Crippen LogP contribution in [0.3, 0.4) is 0 Å². The Kier molecular flexibility index (Phi) is 31.1. The van der Waals surface area contributed by atoms with Gasteiger partial charge in [0.2, 0.25) is 0 Å². The molecule has 706 valence electrons. The Hall–Kier alpha value is -8.68. The van der Waals surface area contributed by atoms with Crippen molar-refractivity contribution in [3.8, 4) is 0 Å². The van der Waals surface area contributed by atoms with Gasteiger partial charge >= 0.3 is 83.6 Å². The van der Waals surface area contributed by atoms with Crippen molar-refractivity contribution >= 4 is 104 Å². The van der Waals surface area contributed by atoms with Crippen molar-refractivity contribution in [3.05, 3.63) is 48.6 Å². The average Bonchev–Trinajstić information content (AvgIpc) is 1.71. The van der Waals surface area contributed by atoms with E-state index in [2.05, 4.69) is 26.3 Å². The molecule has 17 aliphatic rings. The molecule has 1 N–H and O–H groups in total. The molecule has 0 radical (unpaired) electrons. The molecule has 17 rings (SSSR count). The molecule has 0 aromatic rings. The summed E-state index contributed by atoms with van der Waals surface area (Å²) < 4.78 is 130. The topological polar surface area (TPSA) is 475 Å². The Bertz CT molecular complexity index is 4520. The van der Waals surface area contributed by atoms with Crippen LogP contribution >= 0.6 is 0 Å². The van der Waals surface area contributed by atoms with Crippen LogP contribution in [0, 0.1) is 81.8 Å². The number of rotatable bonds is 30. The van der Waals surface area contributed by atoms with Crippen LogP contribution in [0.4, 0.5) is 0 Å². The Morgan fingerprint density at radius 3 is 1.20 bits per heavy atom. The van der Waals surface area contributed by atoms with E-state index < -0.39 is 144 Å². The molecule has 13 aliphatic carbocycles. The molecule has 22 unspecified atom stereocenters. The third-order valence-corrected chi connectivity index (χ3v) is 31.7. The Morgan fingerprint density at radius 2 is 0.780 bits per heavy atom. The first-order valence-corrected chi connectivity index (χ1v) is 47.3. The van der Waals surface area contributed by atoms with Crippen LogP contribution in [0.15, 0.2) is 48.6 Å². The summed E-state index contributed by atoms with van der Waals surface area (Å²) in [7, 11) is -7.11. The molecule has 12 bridgehead atoms. The van der Waals surface area contributed by atoms with Gasteiger partial charge in [0.25, 0.3) is 20.2 Å². The number of fused-ring (bicyclic) bond motifs is 4. The van der Waals surface area contributed by atoms with E-state index in [4.69, 9.17) is 74.7 Å². The van der Waals surface area contributed by atoms with Crippen LogP contribution in [0.1, 0.15) is 230 Å². The van der Waals surface area contributed by atoms with E-state index in [-0.39, 0.29) is 183 Å². The highest BCUT2D eigenvalue weighted by molar-refractivity contribution is 7.88. The fourth-order valence-corrected chi connectivity index (χ4v) is 25.2. The van der Waals surface area contributed by atoms with Gasteiger partial charge in [-0.3, -0.25) is 46.7 Å². The van der Waals surface area contributed by atoms with E-state index >= 15 is 0 Å². The van der Waals surface area contributed by atoms with Gasteiger partial charge in [0, 0.05) is 76.1 Å². The quantitative estimate of drug-likeness (QED) is 0.0231. The zero-order chi connectivity index (χ0) is 93.1. The number of carbonyl (C=O) groups excluding carboxylic acids is 14. The van der Waals surface area contributed by atoms with E-state index in [9.17, 15) is 89.1 Å². The van der Waals surface area contributed by atoms with Gasteiger partial charge in [-0.15, -0.1) is 0 Å². The van der Waals surface area contributed by atoms with Gasteiger partial charge in [0.1, 0.15) is 86.5 Å². The van der Waals surface area contributed by atoms with Gasteiger partial charge in [0.15, 0.2) is 13.2 Å². The second kappa shape index (κ2) is 40.0. The second-order valence-corrected chi connectivity index (χ2v) is 42.4. The highest BCUT2D eigenvalue weighted by Gasteiger charge is 2.69. The van der Waals surface area contributed by atoms with Crippen LogP contribution in [-0.2, 0) is 162 Å². The minimum atomic E-state index is -3.56. The molecule has 127 heavy (non-hydrogen) atoms. The first-order chi connectivity index (χ1) is 59.5. The van der Waals surface area contributed by atoms with Crippen LogP contribution < -0.4 is 0 Å². The average molecular weight is 1830 g/mol. The lowest BCUT2D eigenvalue weighted by atomic mass is 9.52. The smallest absolute Gasteiger partial charge is 0.344 e. The Labute approximate surface area is 740 Å². The van der Waals surface area contributed by atoms with Crippen LogP contribution in [-0.4, -0.2) is 221 Å². The summed E-state index contributed by atoms with van der Waals surface area (Å²) in [5.74, 6) is -4.84. The van der Waals surface area contributed by atoms with Gasteiger partial charge in [-0.2, -0.15) is 16.8 Å². The number of carbonyl (C=O) groups is 14. The van der Waals surface area contributed by atoms with E-state index in [1.165, 1.54) is 33.1 Å². The van der Waals surface area contributed by atoms with Gasteiger partial charge < -0.3 is 71.4 Å². The fraction of sp³-hybridized carbons (Fsp3) is 0.756. The molecule has 17 fully saturated rings. The molecule has 35 nitrogen and oxygen atoms in total. The van der Waals surface area contributed by atoms with Crippen molar-refractivity contribution in [2.75, 3.05) is 39.6 Å². The minimum absolute atomic E-state index is 0.00636. The van der Waals surface area contributed by atoms with Crippen molar-refractivity contribution in [2.24, 2.45) is 81.8 Å². The molecule has 4 saturated heterocycles. The summed E-state index contributed by atoms with van der Waals surface area (Å²) in [6, 6.07) is 0. The molecule has 0 aromatic carbocycles. The zero-order valence-corrected chi connectivity index (χ0v) is 76.0. The standard InChI is InChI=1S/C19H28O9S.C17H22O9S.C16H22O6.C14H16O6.C14H20O3.C10H16O2/c1-4-19(2,3)18(22)26-8-7-25-14(20)5-6-15(21)27-16-11-9-12-13(10-11)29(23,24)28-17(12)16;1-9(2)17(20)24-6-5-23-13(18)3-4-14(19)25-15-10-7-11-12(8-10)27(21,22)26-16(11)15;1-4-16(2,3)15(19)20-7-11(17)21-12-8-5-9-10(6-8)14(18)22-13(9)12;1-6(2)13(16)18-5-10(15)19-11-7-3-8-9(4-7)14(17)20-12(8)11;1-9(2)12(15)17-14-6-10-3-11(7-14)5-13(16,4-10)8-14;1-8(2)9(11)12-10(3)6-4-5-7-10/h11-13,16-17H,4-10H2,1-3H3;10-12,15-16H,1,3-8H2,2H3;8-10,12-13H,4-7H2,1-3H3;7-9,11-12H,1,3-5H2,2H3;10-11,16H,1,3-8H2,2H3;1,4-7H2,2-3H3. The highest BCUT2D eigenvalue weighted by atomic mass is 32.2. The Balaban J connectivity index is 0.000000150. The third kappa shape index (κ3) is 23.4. The molecule has 0 aromatic heterocycles. The van der Waals surface area contributed by atoms with Crippen molar-refractivity contribution in [1.29, 1.82) is 0 Å². The fourth-order valence-electron chi connectivity index (χ4n) is 21.4. The third-order valence-electron chi connectivity index (χ3n) is 28.1. The number of esters is 14. The lowest BCUT2D eigenvalue weighted by Crippen LogP contribution is -2.60. The summed E-state index contributed by atoms with van der Waals surface area (Å²) in [5.41, 5.74) is -0.961. The maximum Gasteiger partial charge on any atom is 0.344 e. The molecule has 4 aliphatic heterocycles. The molecule has 37 heteroatoms. The summed E-state index contributed by atoms with van der Waals surface area (Å²) in [4.78, 5) is 163. The predicted molar refractivity (Wildman–Crippen MR) is 439 cm³/mol. The maximum absolute atomic E-state index is 12.1. The predicted octanol–water partition coefficient (Wildman–Crippen LogP) is 8.50. The first kappa shape index (κ1) is 98.9. The van der Waals surface area contributed by atoms with Crippen LogP contribution in [0.5, 0.6) is 0 Å². The van der Waals surface area contributed by atoms with Crippen molar-refractivity contribution in [1.82, 2.24) is 0 Å². The molecule has 4 heterocycles. The number of hydrogen-bond acceptors (Lipinski definition) is 35. The summed E-state index contributed by atoms with van der Waals surface area (Å²) >= 11 is 0. The van der Waals surface area contributed by atoms with E-state index in [1.54, 1.807) is 41.5 Å². The van der Waals surface area contributed by atoms with Crippen molar-refractivity contribution in [2.45, 2.75) is 306 Å². The lowest BCUT2D eigenvalue weighted by Gasteiger charge is -2.59. The second-order valence-electron chi connectivity index (χ2n) is 38.9. The molecular weight excluding hydrogens is 1710 g/mol. The largest absolute Gasteiger partial charge is 0.462 e. The molecular formula is C90H124O35S2. The zero-order valence-electron chi connectivity index (χ0n) is 74.4. The highest BCUT2D eigenvalue weighted by Crippen LogP contribution is 2.61. The van der Waals surface area contributed by atoms with E-state index in [0.717, 1.165) is 64.2 Å². The van der Waals surface area contributed by atoms with Gasteiger partial charge in [-0.1, -0.05) is 40.2 Å². The SMILES string of the molecule is C=C(C)C(=O)OC1(C)CCCC1.C=C(C)C(=O)OC12CC3CC(CC(O)(C3)C1)C2.C=C(C)C(=O)OCC(=O)OC1C2CC3C(=O)OC1C3C2.C=C(C)C(=O)OCCOC(=O)CCC(=O)OC1C2CC3C1OS(=O)(=O)C3C2.CCC(C)(C)C(=O)OCC(=O)OC1C2CC3C(=O)OC1C3C2.CCC(C)(C)C(=O)OCCOC(=O)CCC(=O)OC1C2CC3C1OS(=O)(=O)C3C2. The Morgan fingerprint density at radius 1 is 0.425 bits per heavy atom. The van der Waals surface area contributed by atoms with E-state index in [0.29, 0.717) is 67.9 Å². The van der Waals surface area contributed by atoms with Gasteiger partial charge in [-0.05, 0) is 196 Å². The van der Waals surface area contributed by atoms with E-state index in [1.807, 2.05) is 20.8 Å². The monoisotopic (exact) mass is 1830 g/mol. The summed E-state index contributed by atoms with van der Waals surface area (Å²) in [6.45, 7) is 32.1. The van der Waals surface area contributed by atoms with Crippen molar-refractivity contribution < 1.29 is 164 Å². The summed E-state index contributed by atoms with van der Waals surface area (Å²) in [5, 5.41) is 9.56. The number of aliphatic hydroxyl groups is 1. The van der Waals surface area contributed by atoms with Gasteiger partial charge in [0.05, 0.1) is 64.5 Å². The lowest BCUT2D eigenvalue weighted by molar-refractivity contribution is -0.217.